The lowest BCUT2D eigenvalue weighted by Crippen LogP contribution is -2.42. The van der Waals surface area contributed by atoms with E-state index in [4.69, 9.17) is 0 Å². The summed E-state index contributed by atoms with van der Waals surface area (Å²) >= 11 is 0. The molecular weight excluding hydrogens is 279 g/mol. The van der Waals surface area contributed by atoms with Gasteiger partial charge in [-0.05, 0) is 51.1 Å². The Balaban J connectivity index is 2.89. The Bertz CT molecular complexity index is 502. The van der Waals surface area contributed by atoms with E-state index in [1.54, 1.807) is 13.8 Å². The van der Waals surface area contributed by atoms with Crippen molar-refractivity contribution in [2.24, 2.45) is 0 Å². The molecule has 0 radical (unpaired) electrons. The normalized spacial score (nSPS) is 13.2. The van der Waals surface area contributed by atoms with Crippen LogP contribution in [0, 0.1) is 5.82 Å². The van der Waals surface area contributed by atoms with Gasteiger partial charge in [-0.25, -0.2) is 12.8 Å². The first-order chi connectivity index (χ1) is 9.43. The molecule has 0 heterocycles. The zero-order valence-electron chi connectivity index (χ0n) is 12.3. The minimum absolute atomic E-state index is 0.325. The standard InChI is InChI=1S/C14H23FN2O2S/c1-4-10-16-11-12(3)20(18,19)17(5-2)14-8-6-13(15)7-9-14/h6-9,12,16H,4-5,10-11H2,1-3H3. The third-order valence-electron chi connectivity index (χ3n) is 3.08. The molecule has 0 aliphatic carbocycles. The molecule has 1 rings (SSSR count). The summed E-state index contributed by atoms with van der Waals surface area (Å²) in [5, 5.41) is 2.59. The molecule has 0 aliphatic rings. The number of rotatable bonds is 8. The van der Waals surface area contributed by atoms with Crippen LogP contribution in [0.1, 0.15) is 27.2 Å². The van der Waals surface area contributed by atoms with Crippen LogP contribution in [0.25, 0.3) is 0 Å². The minimum atomic E-state index is -3.45. The van der Waals surface area contributed by atoms with Crippen molar-refractivity contribution in [3.8, 4) is 0 Å². The molecule has 20 heavy (non-hydrogen) atoms. The largest absolute Gasteiger partial charge is 0.315 e. The van der Waals surface area contributed by atoms with Crippen molar-refractivity contribution < 1.29 is 12.8 Å². The maximum atomic E-state index is 12.9. The van der Waals surface area contributed by atoms with Crippen LogP contribution in [-0.4, -0.2) is 33.3 Å². The molecule has 114 valence electrons. The van der Waals surface area contributed by atoms with Crippen LogP contribution in [0.5, 0.6) is 0 Å². The van der Waals surface area contributed by atoms with Gasteiger partial charge in [-0.2, -0.15) is 0 Å². The van der Waals surface area contributed by atoms with Gasteiger partial charge in [0.25, 0.3) is 0 Å². The summed E-state index contributed by atoms with van der Waals surface area (Å²) in [6.07, 6.45) is 0.961. The number of hydrogen-bond donors (Lipinski definition) is 1. The number of halogens is 1. The molecule has 0 saturated heterocycles. The fraction of sp³-hybridized carbons (Fsp3) is 0.571. The molecule has 4 nitrogen and oxygen atoms in total. The van der Waals surface area contributed by atoms with E-state index in [1.165, 1.54) is 28.6 Å². The molecule has 1 atom stereocenters. The summed E-state index contributed by atoms with van der Waals surface area (Å²) in [6.45, 7) is 7.02. The predicted molar refractivity (Wildman–Crippen MR) is 81.0 cm³/mol. The Labute approximate surface area is 121 Å². The first-order valence-corrected chi connectivity index (χ1v) is 8.41. The van der Waals surface area contributed by atoms with Gasteiger partial charge in [0.2, 0.25) is 10.0 Å². The van der Waals surface area contributed by atoms with Gasteiger partial charge in [-0.15, -0.1) is 0 Å². The molecule has 0 bridgehead atoms. The molecule has 1 aromatic rings. The van der Waals surface area contributed by atoms with Crippen LogP contribution in [-0.2, 0) is 10.0 Å². The molecule has 0 aromatic heterocycles. The van der Waals surface area contributed by atoms with Crippen LogP contribution in [0.3, 0.4) is 0 Å². The van der Waals surface area contributed by atoms with Crippen molar-refractivity contribution in [1.29, 1.82) is 0 Å². The second-order valence-electron chi connectivity index (χ2n) is 4.70. The van der Waals surface area contributed by atoms with E-state index in [9.17, 15) is 12.8 Å². The Morgan fingerprint density at radius 2 is 1.85 bits per heavy atom. The van der Waals surface area contributed by atoms with Crippen LogP contribution in [0.2, 0.25) is 0 Å². The number of sulfonamides is 1. The summed E-state index contributed by atoms with van der Waals surface area (Å²) in [6, 6.07) is 5.52. The molecule has 0 fully saturated rings. The average molecular weight is 302 g/mol. The van der Waals surface area contributed by atoms with Crippen molar-refractivity contribution >= 4 is 15.7 Å². The zero-order chi connectivity index (χ0) is 15.2. The van der Waals surface area contributed by atoms with Crippen LogP contribution < -0.4 is 9.62 Å². The van der Waals surface area contributed by atoms with Gasteiger partial charge in [-0.1, -0.05) is 6.92 Å². The van der Waals surface area contributed by atoms with E-state index >= 15 is 0 Å². The van der Waals surface area contributed by atoms with Gasteiger partial charge >= 0.3 is 0 Å². The van der Waals surface area contributed by atoms with Crippen LogP contribution in [0.15, 0.2) is 24.3 Å². The van der Waals surface area contributed by atoms with E-state index < -0.39 is 15.3 Å². The quantitative estimate of drug-likeness (QED) is 0.750. The third-order valence-corrected chi connectivity index (χ3v) is 5.34. The minimum Gasteiger partial charge on any atom is -0.315 e. The number of benzene rings is 1. The van der Waals surface area contributed by atoms with Gasteiger partial charge in [0.1, 0.15) is 5.82 Å². The third kappa shape index (κ3) is 4.18. The lowest BCUT2D eigenvalue weighted by molar-refractivity contribution is 0.566. The Morgan fingerprint density at radius 1 is 1.25 bits per heavy atom. The van der Waals surface area contributed by atoms with Crippen molar-refractivity contribution in [3.05, 3.63) is 30.1 Å². The monoisotopic (exact) mass is 302 g/mol. The van der Waals surface area contributed by atoms with Crippen molar-refractivity contribution in [3.63, 3.8) is 0 Å². The number of nitrogens with one attached hydrogen (secondary N) is 1. The van der Waals surface area contributed by atoms with Gasteiger partial charge in [-0.3, -0.25) is 4.31 Å². The van der Waals surface area contributed by atoms with Crippen molar-refractivity contribution in [2.75, 3.05) is 23.9 Å². The van der Waals surface area contributed by atoms with Crippen LogP contribution in [0.4, 0.5) is 10.1 Å². The summed E-state index contributed by atoms with van der Waals surface area (Å²) in [7, 11) is -3.45. The number of nitrogens with zero attached hydrogens (tertiary/aromatic N) is 1. The fourth-order valence-corrected chi connectivity index (χ4v) is 3.46. The van der Waals surface area contributed by atoms with E-state index in [0.29, 0.717) is 18.8 Å². The molecule has 0 aliphatic heterocycles. The molecule has 6 heteroatoms. The maximum Gasteiger partial charge on any atom is 0.239 e. The highest BCUT2D eigenvalue weighted by Crippen LogP contribution is 2.20. The fourth-order valence-electron chi connectivity index (χ4n) is 1.92. The first kappa shape index (κ1) is 16.9. The van der Waals surface area contributed by atoms with Crippen molar-refractivity contribution in [1.82, 2.24) is 5.32 Å². The maximum absolute atomic E-state index is 12.9. The topological polar surface area (TPSA) is 49.4 Å². The smallest absolute Gasteiger partial charge is 0.239 e. The molecule has 0 amide bonds. The van der Waals surface area contributed by atoms with Gasteiger partial charge in [0.05, 0.1) is 10.9 Å². The van der Waals surface area contributed by atoms with E-state index in [-0.39, 0.29) is 5.82 Å². The first-order valence-electron chi connectivity index (χ1n) is 6.91. The summed E-state index contributed by atoms with van der Waals surface area (Å²) < 4.78 is 39.3. The summed E-state index contributed by atoms with van der Waals surface area (Å²) in [5.41, 5.74) is 0.497. The highest BCUT2D eigenvalue weighted by atomic mass is 32.2. The lowest BCUT2D eigenvalue weighted by Gasteiger charge is -2.26. The average Bonchev–Trinajstić information content (AvgIpc) is 2.41. The van der Waals surface area contributed by atoms with Gasteiger partial charge < -0.3 is 5.32 Å². The van der Waals surface area contributed by atoms with Crippen molar-refractivity contribution in [2.45, 2.75) is 32.4 Å². The van der Waals surface area contributed by atoms with E-state index in [0.717, 1.165) is 13.0 Å². The highest BCUT2D eigenvalue weighted by molar-refractivity contribution is 7.93. The summed E-state index contributed by atoms with van der Waals surface area (Å²) in [5.74, 6) is -0.375. The van der Waals surface area contributed by atoms with Gasteiger partial charge in [0.15, 0.2) is 0 Å². The lowest BCUT2D eigenvalue weighted by atomic mass is 10.3. The Morgan fingerprint density at radius 3 is 2.35 bits per heavy atom. The van der Waals surface area contributed by atoms with E-state index in [2.05, 4.69) is 5.32 Å². The zero-order valence-corrected chi connectivity index (χ0v) is 13.1. The molecule has 0 spiro atoms. The highest BCUT2D eigenvalue weighted by Gasteiger charge is 2.27. The second-order valence-corrected chi connectivity index (χ2v) is 6.98. The molecule has 0 saturated carbocycles. The van der Waals surface area contributed by atoms with Gasteiger partial charge in [0, 0.05) is 13.1 Å². The number of hydrogen-bond acceptors (Lipinski definition) is 3. The Kier molecular flexibility index (Phi) is 6.42. The SMILES string of the molecule is CCCNCC(C)S(=O)(=O)N(CC)c1ccc(F)cc1. The summed E-state index contributed by atoms with van der Waals surface area (Å²) in [4.78, 5) is 0. The number of anilines is 1. The molecule has 1 N–H and O–H groups in total. The molecular formula is C14H23FN2O2S. The second kappa shape index (κ2) is 7.59. The predicted octanol–water partition coefficient (Wildman–Crippen LogP) is 2.37. The Hall–Kier alpha value is -1.14. The van der Waals surface area contributed by atoms with Crippen LogP contribution >= 0.6 is 0 Å². The van der Waals surface area contributed by atoms with E-state index in [1.807, 2.05) is 6.92 Å². The molecule has 1 aromatic carbocycles. The molecule has 1 unspecified atom stereocenters.